The number of halogens is 1. The van der Waals surface area contributed by atoms with Gasteiger partial charge >= 0.3 is 0 Å². The molecule has 2 aromatic rings. The van der Waals surface area contributed by atoms with Crippen LogP contribution < -0.4 is 10.5 Å². The van der Waals surface area contributed by atoms with Crippen molar-refractivity contribution in [3.8, 4) is 5.75 Å². The quantitative estimate of drug-likeness (QED) is 0.872. The van der Waals surface area contributed by atoms with Gasteiger partial charge in [-0.15, -0.1) is 0 Å². The molecule has 124 valence electrons. The largest absolute Gasteiger partial charge is 0.488 e. The van der Waals surface area contributed by atoms with Crippen LogP contribution in [0.15, 0.2) is 29.0 Å². The van der Waals surface area contributed by atoms with E-state index in [1.807, 2.05) is 12.1 Å². The molecule has 0 bridgehead atoms. The number of nitrogens with two attached hydrogens (primary N) is 1. The number of nitrogens with zero attached hydrogens (tertiary/aromatic N) is 3. The summed E-state index contributed by atoms with van der Waals surface area (Å²) in [7, 11) is 0. The highest BCUT2D eigenvalue weighted by Gasteiger charge is 2.32. The fraction of sp³-hybridized carbons (Fsp3) is 0.529. The third-order valence-electron chi connectivity index (χ3n) is 4.22. The van der Waals surface area contributed by atoms with Crippen LogP contribution in [0.2, 0.25) is 0 Å². The molecule has 2 atom stereocenters. The van der Waals surface area contributed by atoms with Gasteiger partial charge in [0.05, 0.1) is 22.3 Å². The molecule has 0 amide bonds. The van der Waals surface area contributed by atoms with Crippen LogP contribution >= 0.6 is 15.9 Å². The number of hydrogen-bond acceptors (Lipinski definition) is 4. The predicted octanol–water partition coefficient (Wildman–Crippen LogP) is 4.09. The molecule has 0 spiro atoms. The molecule has 2 unspecified atom stereocenters. The van der Waals surface area contributed by atoms with E-state index >= 15 is 0 Å². The SMILES string of the molecule is CC(C)(C)n1nc(N)cc1C1CCC(Oc2cnccc2Br)C1. The van der Waals surface area contributed by atoms with Crippen molar-refractivity contribution in [2.24, 2.45) is 0 Å². The molecule has 1 saturated carbocycles. The summed E-state index contributed by atoms with van der Waals surface area (Å²) in [4.78, 5) is 4.13. The lowest BCUT2D eigenvalue weighted by molar-refractivity contribution is 0.205. The molecule has 2 heterocycles. The molecular formula is C17H23BrN4O. The van der Waals surface area contributed by atoms with E-state index in [0.29, 0.717) is 11.7 Å². The molecule has 3 rings (SSSR count). The lowest BCUT2D eigenvalue weighted by Gasteiger charge is -2.24. The van der Waals surface area contributed by atoms with E-state index in [0.717, 1.165) is 29.5 Å². The highest BCUT2D eigenvalue weighted by molar-refractivity contribution is 9.10. The molecule has 23 heavy (non-hydrogen) atoms. The molecule has 6 heteroatoms. The van der Waals surface area contributed by atoms with Crippen molar-refractivity contribution >= 4 is 21.7 Å². The number of ether oxygens (including phenoxy) is 1. The smallest absolute Gasteiger partial charge is 0.152 e. The fourth-order valence-corrected chi connectivity index (χ4v) is 3.50. The van der Waals surface area contributed by atoms with E-state index in [9.17, 15) is 0 Å². The average molecular weight is 379 g/mol. The lowest BCUT2D eigenvalue weighted by atomic mass is 10.0. The van der Waals surface area contributed by atoms with Crippen LogP contribution in [-0.2, 0) is 5.54 Å². The van der Waals surface area contributed by atoms with Crippen molar-refractivity contribution < 1.29 is 4.74 Å². The molecule has 1 aliphatic rings. The Hall–Kier alpha value is -1.56. The normalized spacial score (nSPS) is 21.6. The summed E-state index contributed by atoms with van der Waals surface area (Å²) >= 11 is 3.51. The average Bonchev–Trinajstić information content (AvgIpc) is 3.07. The molecule has 0 aliphatic heterocycles. The molecule has 5 nitrogen and oxygen atoms in total. The molecule has 2 N–H and O–H groups in total. The van der Waals surface area contributed by atoms with Crippen molar-refractivity contribution in [2.45, 2.75) is 57.6 Å². The summed E-state index contributed by atoms with van der Waals surface area (Å²) in [6.07, 6.45) is 6.80. The Morgan fingerprint density at radius 1 is 1.35 bits per heavy atom. The van der Waals surface area contributed by atoms with Crippen molar-refractivity contribution in [3.63, 3.8) is 0 Å². The van der Waals surface area contributed by atoms with Gasteiger partial charge in [-0.3, -0.25) is 9.67 Å². The zero-order chi connectivity index (χ0) is 16.6. The second-order valence-electron chi connectivity index (χ2n) is 7.13. The minimum Gasteiger partial charge on any atom is -0.488 e. The van der Waals surface area contributed by atoms with Gasteiger partial charge in [-0.2, -0.15) is 5.10 Å². The highest BCUT2D eigenvalue weighted by Crippen LogP contribution is 2.39. The number of aromatic nitrogens is 3. The van der Waals surface area contributed by atoms with Gasteiger partial charge in [0.15, 0.2) is 5.75 Å². The van der Waals surface area contributed by atoms with Gasteiger partial charge in [0, 0.05) is 23.9 Å². The Morgan fingerprint density at radius 2 is 2.13 bits per heavy atom. The zero-order valence-corrected chi connectivity index (χ0v) is 15.4. The molecule has 1 aliphatic carbocycles. The third kappa shape index (κ3) is 3.52. The van der Waals surface area contributed by atoms with Crippen LogP contribution in [0.5, 0.6) is 5.75 Å². The Morgan fingerprint density at radius 3 is 2.83 bits per heavy atom. The van der Waals surface area contributed by atoms with E-state index in [4.69, 9.17) is 10.5 Å². The lowest BCUT2D eigenvalue weighted by Crippen LogP contribution is -2.26. The summed E-state index contributed by atoms with van der Waals surface area (Å²) in [5, 5.41) is 4.49. The van der Waals surface area contributed by atoms with Crippen LogP contribution in [0.1, 0.15) is 51.6 Å². The first-order valence-corrected chi connectivity index (χ1v) is 8.76. The maximum Gasteiger partial charge on any atom is 0.152 e. The molecule has 2 aromatic heterocycles. The summed E-state index contributed by atoms with van der Waals surface area (Å²) in [5.74, 6) is 1.83. The number of anilines is 1. The van der Waals surface area contributed by atoms with Gasteiger partial charge < -0.3 is 10.5 Å². The van der Waals surface area contributed by atoms with Gasteiger partial charge in [-0.1, -0.05) is 0 Å². The van der Waals surface area contributed by atoms with Crippen molar-refractivity contribution in [1.82, 2.24) is 14.8 Å². The van der Waals surface area contributed by atoms with Crippen LogP contribution in [-0.4, -0.2) is 20.9 Å². The van der Waals surface area contributed by atoms with Crippen LogP contribution in [0.25, 0.3) is 0 Å². The van der Waals surface area contributed by atoms with E-state index in [-0.39, 0.29) is 11.6 Å². The maximum atomic E-state index is 6.12. The summed E-state index contributed by atoms with van der Waals surface area (Å²) in [6.45, 7) is 6.45. The second-order valence-corrected chi connectivity index (χ2v) is 7.99. The number of nitrogen functional groups attached to an aromatic ring is 1. The van der Waals surface area contributed by atoms with E-state index in [2.05, 4.69) is 51.5 Å². The second kappa shape index (κ2) is 6.15. The van der Waals surface area contributed by atoms with Crippen molar-refractivity contribution in [3.05, 3.63) is 34.7 Å². The first kappa shape index (κ1) is 16.3. The Labute approximate surface area is 145 Å². The topological polar surface area (TPSA) is 66.0 Å². The number of pyridine rings is 1. The number of hydrogen-bond donors (Lipinski definition) is 1. The predicted molar refractivity (Wildman–Crippen MR) is 94.6 cm³/mol. The molecular weight excluding hydrogens is 356 g/mol. The first-order chi connectivity index (χ1) is 10.8. The van der Waals surface area contributed by atoms with Gasteiger partial charge in [-0.05, 0) is 62.0 Å². The van der Waals surface area contributed by atoms with Gasteiger partial charge in [0.2, 0.25) is 0 Å². The zero-order valence-electron chi connectivity index (χ0n) is 13.8. The Bertz CT molecular complexity index is 692. The molecule has 0 radical (unpaired) electrons. The Kier molecular flexibility index (Phi) is 4.36. The van der Waals surface area contributed by atoms with E-state index < -0.39 is 0 Å². The maximum absolute atomic E-state index is 6.12. The standard InChI is InChI=1S/C17H23BrN4O/c1-17(2,3)22-14(9-16(19)21-22)11-4-5-12(8-11)23-15-10-20-7-6-13(15)18/h6-7,9-12H,4-5,8H2,1-3H3,(H2,19,21). The van der Waals surface area contributed by atoms with Crippen molar-refractivity contribution in [1.29, 1.82) is 0 Å². The van der Waals surface area contributed by atoms with E-state index in [1.165, 1.54) is 5.69 Å². The summed E-state index contributed by atoms with van der Waals surface area (Å²) in [5.41, 5.74) is 7.09. The summed E-state index contributed by atoms with van der Waals surface area (Å²) in [6, 6.07) is 3.91. The fourth-order valence-electron chi connectivity index (χ4n) is 3.19. The summed E-state index contributed by atoms with van der Waals surface area (Å²) < 4.78 is 9.13. The Balaban J connectivity index is 1.75. The van der Waals surface area contributed by atoms with Crippen LogP contribution in [0, 0.1) is 0 Å². The number of rotatable bonds is 3. The van der Waals surface area contributed by atoms with Gasteiger partial charge in [0.25, 0.3) is 0 Å². The highest BCUT2D eigenvalue weighted by atomic mass is 79.9. The molecule has 0 saturated heterocycles. The van der Waals surface area contributed by atoms with E-state index in [1.54, 1.807) is 12.4 Å². The monoisotopic (exact) mass is 378 g/mol. The van der Waals surface area contributed by atoms with Crippen molar-refractivity contribution in [2.75, 3.05) is 5.73 Å². The van der Waals surface area contributed by atoms with Crippen LogP contribution in [0.4, 0.5) is 5.82 Å². The van der Waals surface area contributed by atoms with Gasteiger partial charge in [-0.25, -0.2) is 0 Å². The third-order valence-corrected chi connectivity index (χ3v) is 4.88. The minimum absolute atomic E-state index is 0.0712. The minimum atomic E-state index is -0.0712. The molecule has 0 aromatic carbocycles. The van der Waals surface area contributed by atoms with Crippen LogP contribution in [0.3, 0.4) is 0 Å². The molecule has 1 fully saturated rings. The van der Waals surface area contributed by atoms with Gasteiger partial charge in [0.1, 0.15) is 5.82 Å². The first-order valence-electron chi connectivity index (χ1n) is 7.96.